The van der Waals surface area contributed by atoms with E-state index in [4.69, 9.17) is 16.9 Å². The first-order valence-electron chi connectivity index (χ1n) is 6.57. The van der Waals surface area contributed by atoms with Gasteiger partial charge in [-0.1, -0.05) is 23.7 Å². The first kappa shape index (κ1) is 15.3. The van der Waals surface area contributed by atoms with Gasteiger partial charge in [0.1, 0.15) is 0 Å². The van der Waals surface area contributed by atoms with Crippen molar-refractivity contribution in [3.8, 4) is 6.07 Å². The zero-order valence-corrected chi connectivity index (χ0v) is 13.3. The summed E-state index contributed by atoms with van der Waals surface area (Å²) < 4.78 is 27.2. The first-order valence-corrected chi connectivity index (χ1v) is 8.43. The van der Waals surface area contributed by atoms with Crippen LogP contribution in [0.25, 0.3) is 10.9 Å². The van der Waals surface area contributed by atoms with Gasteiger partial charge < -0.3 is 0 Å². The number of aromatic nitrogens is 1. The number of nitrogens with one attached hydrogen (secondary N) is 1. The standard InChI is InChI=1S/C16H10ClN3O2S/c17-15-3-1-2-12-8-13(10-19-16(12)15)20-23(21,22)14-6-4-11(9-18)5-7-14/h1-8,10,20H. The van der Waals surface area contributed by atoms with Crippen molar-refractivity contribution in [2.75, 3.05) is 4.72 Å². The summed E-state index contributed by atoms with van der Waals surface area (Å²) in [5.41, 5.74) is 1.34. The van der Waals surface area contributed by atoms with Crippen LogP contribution in [0.15, 0.2) is 59.6 Å². The van der Waals surface area contributed by atoms with E-state index in [1.54, 1.807) is 24.3 Å². The van der Waals surface area contributed by atoms with E-state index < -0.39 is 10.0 Å². The van der Waals surface area contributed by atoms with Gasteiger partial charge in [-0.05, 0) is 36.4 Å². The predicted octanol–water partition coefficient (Wildman–Crippen LogP) is 3.56. The molecule has 1 heterocycles. The molecule has 0 radical (unpaired) electrons. The molecule has 2 aromatic carbocycles. The Labute approximate surface area is 138 Å². The molecule has 7 heteroatoms. The van der Waals surface area contributed by atoms with Crippen molar-refractivity contribution in [3.05, 3.63) is 65.3 Å². The maximum Gasteiger partial charge on any atom is 0.261 e. The van der Waals surface area contributed by atoms with Crippen molar-refractivity contribution in [2.24, 2.45) is 0 Å². The third-order valence-corrected chi connectivity index (χ3v) is 4.91. The Morgan fingerprint density at radius 3 is 2.57 bits per heavy atom. The van der Waals surface area contributed by atoms with Gasteiger partial charge in [-0.15, -0.1) is 0 Å². The van der Waals surface area contributed by atoms with Crippen LogP contribution in [0.1, 0.15) is 5.56 Å². The summed E-state index contributed by atoms with van der Waals surface area (Å²) >= 11 is 6.04. The summed E-state index contributed by atoms with van der Waals surface area (Å²) in [5, 5.41) is 9.99. The summed E-state index contributed by atoms with van der Waals surface area (Å²) in [6, 6.07) is 14.6. The molecule has 3 rings (SSSR count). The molecule has 114 valence electrons. The molecular formula is C16H10ClN3O2S. The second-order valence-electron chi connectivity index (χ2n) is 4.78. The van der Waals surface area contributed by atoms with Crippen molar-refractivity contribution >= 4 is 38.2 Å². The number of sulfonamides is 1. The second kappa shape index (κ2) is 5.88. The Hall–Kier alpha value is -2.62. The summed E-state index contributed by atoms with van der Waals surface area (Å²) in [6.07, 6.45) is 1.41. The number of benzene rings is 2. The van der Waals surface area contributed by atoms with Gasteiger partial charge in [0.25, 0.3) is 10.0 Å². The lowest BCUT2D eigenvalue weighted by Crippen LogP contribution is -2.13. The molecule has 3 aromatic rings. The molecule has 0 amide bonds. The van der Waals surface area contributed by atoms with Crippen LogP contribution in [0.4, 0.5) is 5.69 Å². The van der Waals surface area contributed by atoms with Crippen LogP contribution < -0.4 is 4.72 Å². The van der Waals surface area contributed by atoms with Crippen molar-refractivity contribution < 1.29 is 8.42 Å². The molecule has 0 fully saturated rings. The minimum atomic E-state index is -3.75. The number of hydrogen-bond acceptors (Lipinski definition) is 4. The molecule has 0 aliphatic heterocycles. The predicted molar refractivity (Wildman–Crippen MR) is 88.7 cm³/mol. The number of nitriles is 1. The normalized spacial score (nSPS) is 11.1. The van der Waals surface area contributed by atoms with Crippen LogP contribution in [0, 0.1) is 11.3 Å². The maximum absolute atomic E-state index is 12.4. The smallest absolute Gasteiger partial charge is 0.261 e. The molecular weight excluding hydrogens is 334 g/mol. The Morgan fingerprint density at radius 1 is 1.13 bits per heavy atom. The van der Waals surface area contributed by atoms with Crippen LogP contribution in [0.2, 0.25) is 5.02 Å². The number of hydrogen-bond donors (Lipinski definition) is 1. The van der Waals surface area contributed by atoms with Gasteiger partial charge in [-0.2, -0.15) is 5.26 Å². The Morgan fingerprint density at radius 2 is 1.87 bits per heavy atom. The lowest BCUT2D eigenvalue weighted by molar-refractivity contribution is 0.601. The highest BCUT2D eigenvalue weighted by Crippen LogP contribution is 2.24. The molecule has 1 aromatic heterocycles. The average molecular weight is 344 g/mol. The zero-order valence-electron chi connectivity index (χ0n) is 11.7. The summed E-state index contributed by atoms with van der Waals surface area (Å²) in [6.45, 7) is 0. The van der Waals surface area contributed by atoms with Crippen molar-refractivity contribution in [1.82, 2.24) is 4.98 Å². The highest BCUT2D eigenvalue weighted by Gasteiger charge is 2.14. The van der Waals surface area contributed by atoms with Crippen molar-refractivity contribution in [3.63, 3.8) is 0 Å². The lowest BCUT2D eigenvalue weighted by Gasteiger charge is -2.09. The highest BCUT2D eigenvalue weighted by molar-refractivity contribution is 7.92. The van der Waals surface area contributed by atoms with Gasteiger partial charge in [0.15, 0.2) is 0 Å². The van der Waals surface area contributed by atoms with Gasteiger partial charge in [0.2, 0.25) is 0 Å². The maximum atomic E-state index is 12.4. The van der Waals surface area contributed by atoms with E-state index in [1.807, 2.05) is 6.07 Å². The van der Waals surface area contributed by atoms with Crippen LogP contribution >= 0.6 is 11.6 Å². The van der Waals surface area contributed by atoms with E-state index in [0.717, 1.165) is 5.39 Å². The summed E-state index contributed by atoms with van der Waals surface area (Å²) in [4.78, 5) is 4.26. The number of fused-ring (bicyclic) bond motifs is 1. The van der Waals surface area contributed by atoms with E-state index in [2.05, 4.69) is 9.71 Å². The van der Waals surface area contributed by atoms with Gasteiger partial charge in [0.05, 0.1) is 39.0 Å². The summed E-state index contributed by atoms with van der Waals surface area (Å²) in [5.74, 6) is 0. The van der Waals surface area contributed by atoms with E-state index >= 15 is 0 Å². The van der Waals surface area contributed by atoms with E-state index in [9.17, 15) is 8.42 Å². The Bertz CT molecular complexity index is 1030. The van der Waals surface area contributed by atoms with Crippen molar-refractivity contribution in [1.29, 1.82) is 5.26 Å². The molecule has 0 aliphatic carbocycles. The monoisotopic (exact) mass is 343 g/mol. The molecule has 0 spiro atoms. The zero-order chi connectivity index (χ0) is 16.4. The molecule has 1 N–H and O–H groups in total. The number of anilines is 1. The first-order chi connectivity index (χ1) is 11.0. The minimum absolute atomic E-state index is 0.0719. The number of pyridine rings is 1. The van der Waals surface area contributed by atoms with Gasteiger partial charge in [-0.25, -0.2) is 8.42 Å². The number of para-hydroxylation sites is 1. The molecule has 0 unspecified atom stereocenters. The third-order valence-electron chi connectivity index (χ3n) is 3.21. The molecule has 5 nitrogen and oxygen atoms in total. The molecule has 0 saturated heterocycles. The van der Waals surface area contributed by atoms with E-state index in [0.29, 0.717) is 21.8 Å². The Balaban J connectivity index is 1.95. The Kier molecular flexibility index (Phi) is 3.90. The summed E-state index contributed by atoms with van der Waals surface area (Å²) in [7, 11) is -3.75. The largest absolute Gasteiger partial charge is 0.278 e. The van der Waals surface area contributed by atoms with Gasteiger partial charge >= 0.3 is 0 Å². The minimum Gasteiger partial charge on any atom is -0.278 e. The van der Waals surface area contributed by atoms with Crippen LogP contribution in [0.5, 0.6) is 0 Å². The van der Waals surface area contributed by atoms with E-state index in [1.165, 1.54) is 30.5 Å². The number of nitrogens with zero attached hydrogens (tertiary/aromatic N) is 2. The van der Waals surface area contributed by atoms with Gasteiger partial charge in [-0.3, -0.25) is 9.71 Å². The average Bonchev–Trinajstić information content (AvgIpc) is 2.54. The molecule has 0 aliphatic rings. The fraction of sp³-hybridized carbons (Fsp3) is 0. The van der Waals surface area contributed by atoms with Crippen LogP contribution in [0.3, 0.4) is 0 Å². The highest BCUT2D eigenvalue weighted by atomic mass is 35.5. The fourth-order valence-electron chi connectivity index (χ4n) is 2.10. The topological polar surface area (TPSA) is 82.8 Å². The second-order valence-corrected chi connectivity index (χ2v) is 6.87. The molecule has 23 heavy (non-hydrogen) atoms. The third kappa shape index (κ3) is 3.11. The fourth-order valence-corrected chi connectivity index (χ4v) is 3.37. The van der Waals surface area contributed by atoms with Crippen molar-refractivity contribution in [2.45, 2.75) is 4.90 Å². The SMILES string of the molecule is N#Cc1ccc(S(=O)(=O)Nc2cnc3c(Cl)cccc3c2)cc1. The molecule has 0 atom stereocenters. The molecule has 0 bridgehead atoms. The lowest BCUT2D eigenvalue weighted by atomic mass is 10.2. The quantitative estimate of drug-likeness (QED) is 0.788. The molecule has 0 saturated carbocycles. The van der Waals surface area contributed by atoms with Crippen LogP contribution in [-0.2, 0) is 10.0 Å². The number of halogens is 1. The van der Waals surface area contributed by atoms with E-state index in [-0.39, 0.29) is 4.90 Å². The number of rotatable bonds is 3. The van der Waals surface area contributed by atoms with Crippen LogP contribution in [-0.4, -0.2) is 13.4 Å². The van der Waals surface area contributed by atoms with Gasteiger partial charge in [0, 0.05) is 5.39 Å².